The minimum Gasteiger partial charge on any atom is -0.756 e. The molecular formula is C65H124NO8P. The Kier molecular flexibility index (Phi) is 55.6. The highest BCUT2D eigenvalue weighted by molar-refractivity contribution is 7.45. The summed E-state index contributed by atoms with van der Waals surface area (Å²) in [5.41, 5.74) is 0. The second-order valence-electron chi connectivity index (χ2n) is 23.1. The molecule has 0 radical (unpaired) electrons. The number of quaternary nitrogens is 1. The van der Waals surface area contributed by atoms with Crippen LogP contribution in [0.5, 0.6) is 0 Å². The van der Waals surface area contributed by atoms with E-state index in [0.717, 1.165) is 57.8 Å². The van der Waals surface area contributed by atoms with Gasteiger partial charge in [-0.15, -0.1) is 0 Å². The summed E-state index contributed by atoms with van der Waals surface area (Å²) >= 11 is 0. The van der Waals surface area contributed by atoms with Crippen LogP contribution in [0.4, 0.5) is 0 Å². The Labute approximate surface area is 465 Å². The van der Waals surface area contributed by atoms with E-state index < -0.39 is 26.5 Å². The lowest BCUT2D eigenvalue weighted by molar-refractivity contribution is -0.870. The van der Waals surface area contributed by atoms with Crippen LogP contribution in [0.15, 0.2) is 36.5 Å². The lowest BCUT2D eigenvalue weighted by atomic mass is 10.0. The van der Waals surface area contributed by atoms with Gasteiger partial charge in [0, 0.05) is 12.8 Å². The van der Waals surface area contributed by atoms with Gasteiger partial charge in [0.15, 0.2) is 6.10 Å². The number of nitrogens with zero attached hydrogens (tertiary/aromatic N) is 1. The molecule has 2 atom stereocenters. The highest BCUT2D eigenvalue weighted by atomic mass is 31.2. The summed E-state index contributed by atoms with van der Waals surface area (Å²) in [6.07, 6.45) is 71.0. The average molecular weight is 1080 g/mol. The maximum atomic E-state index is 12.8. The van der Waals surface area contributed by atoms with Crippen LogP contribution < -0.4 is 4.89 Å². The first-order valence-corrected chi connectivity index (χ1v) is 33.7. The van der Waals surface area contributed by atoms with Gasteiger partial charge < -0.3 is 27.9 Å². The number of likely N-dealkylation sites (N-methyl/N-ethyl adjacent to an activating group) is 1. The molecule has 0 amide bonds. The normalized spacial score (nSPS) is 13.4. The van der Waals surface area contributed by atoms with Crippen LogP contribution in [0.2, 0.25) is 0 Å². The number of rotatable bonds is 60. The van der Waals surface area contributed by atoms with Crippen molar-refractivity contribution in [1.82, 2.24) is 0 Å². The molecule has 9 nitrogen and oxygen atoms in total. The molecular weight excluding hydrogens is 954 g/mol. The van der Waals surface area contributed by atoms with Crippen molar-refractivity contribution in [2.75, 3.05) is 47.5 Å². The first kappa shape index (κ1) is 73.2. The molecule has 0 aliphatic rings. The monoisotopic (exact) mass is 1080 g/mol. The predicted octanol–water partition coefficient (Wildman–Crippen LogP) is 19.7. The standard InChI is InChI=1S/C65H124NO8P/c1-6-8-10-12-14-16-18-20-21-22-23-24-25-26-27-28-29-30-31-32-33-34-35-36-37-38-39-40-41-42-43-44-45-46-48-50-52-54-56-58-65(68)74-63(62-73-75(69,70)72-60-59-66(3,4)5)61-71-64(67)57-55-53-51-49-47-19-17-15-13-11-9-7-2/h15,17-18,20,22-23,63H,6-14,16,19,21,24-62H2,1-5H3/b17-15-,20-18-,23-22-. The van der Waals surface area contributed by atoms with Crippen molar-refractivity contribution in [2.45, 2.75) is 322 Å². The van der Waals surface area contributed by atoms with Gasteiger partial charge >= 0.3 is 11.9 Å². The summed E-state index contributed by atoms with van der Waals surface area (Å²) in [7, 11) is 1.17. The summed E-state index contributed by atoms with van der Waals surface area (Å²) < 4.78 is 34.1. The van der Waals surface area contributed by atoms with E-state index in [2.05, 4.69) is 50.3 Å². The molecule has 0 saturated heterocycles. The van der Waals surface area contributed by atoms with Crippen LogP contribution in [0.3, 0.4) is 0 Å². The average Bonchev–Trinajstić information content (AvgIpc) is 3.37. The van der Waals surface area contributed by atoms with Crippen LogP contribution in [0, 0.1) is 0 Å². The summed E-state index contributed by atoms with van der Waals surface area (Å²) in [4.78, 5) is 37.8. The van der Waals surface area contributed by atoms with Crippen molar-refractivity contribution in [3.05, 3.63) is 36.5 Å². The van der Waals surface area contributed by atoms with Crippen molar-refractivity contribution in [2.24, 2.45) is 0 Å². The number of carbonyl (C=O) groups excluding carboxylic acids is 2. The molecule has 10 heteroatoms. The molecule has 0 saturated carbocycles. The van der Waals surface area contributed by atoms with Crippen LogP contribution in [-0.2, 0) is 32.7 Å². The molecule has 0 aromatic carbocycles. The minimum absolute atomic E-state index is 0.0298. The number of unbranched alkanes of at least 4 members (excludes halogenated alkanes) is 40. The van der Waals surface area contributed by atoms with Crippen molar-refractivity contribution >= 4 is 19.8 Å². The first-order chi connectivity index (χ1) is 36.5. The van der Waals surface area contributed by atoms with E-state index >= 15 is 0 Å². The van der Waals surface area contributed by atoms with Crippen LogP contribution >= 0.6 is 7.82 Å². The van der Waals surface area contributed by atoms with E-state index in [-0.39, 0.29) is 32.0 Å². The number of ether oxygens (including phenoxy) is 2. The van der Waals surface area contributed by atoms with E-state index in [0.29, 0.717) is 17.4 Å². The third kappa shape index (κ3) is 61.3. The zero-order valence-corrected chi connectivity index (χ0v) is 51.2. The Morgan fingerprint density at radius 3 is 1.09 bits per heavy atom. The van der Waals surface area contributed by atoms with E-state index in [1.807, 2.05) is 21.1 Å². The molecule has 0 heterocycles. The second kappa shape index (κ2) is 56.9. The SMILES string of the molecule is CCCCC/C=C\CCCCCCCC(=O)OCC(COP(=O)([O-])OCC[N+](C)(C)C)OC(=O)CCCCCCCCCCCCCCCCCCCCCCCCCCCCC/C=C\C/C=C\CCCCCCC. The number of phosphoric acid groups is 1. The van der Waals surface area contributed by atoms with Crippen LogP contribution in [0.25, 0.3) is 0 Å². The zero-order chi connectivity index (χ0) is 54.9. The Morgan fingerprint density at radius 2 is 0.720 bits per heavy atom. The molecule has 0 rings (SSSR count). The Bertz CT molecular complexity index is 1360. The Hall–Kier alpha value is -1.77. The van der Waals surface area contributed by atoms with Gasteiger partial charge in [0.1, 0.15) is 19.8 Å². The van der Waals surface area contributed by atoms with Gasteiger partial charge in [-0.2, -0.15) is 0 Å². The lowest BCUT2D eigenvalue weighted by Crippen LogP contribution is -2.37. The number of carbonyl (C=O) groups is 2. The second-order valence-corrected chi connectivity index (χ2v) is 24.5. The molecule has 0 bridgehead atoms. The maximum Gasteiger partial charge on any atom is 0.306 e. The fourth-order valence-electron chi connectivity index (χ4n) is 9.39. The van der Waals surface area contributed by atoms with Crippen molar-refractivity contribution in [3.63, 3.8) is 0 Å². The molecule has 0 fully saturated rings. The smallest absolute Gasteiger partial charge is 0.306 e. The third-order valence-corrected chi connectivity index (χ3v) is 15.3. The minimum atomic E-state index is -4.63. The molecule has 0 N–H and O–H groups in total. The lowest BCUT2D eigenvalue weighted by Gasteiger charge is -2.28. The molecule has 75 heavy (non-hydrogen) atoms. The van der Waals surface area contributed by atoms with Gasteiger partial charge in [-0.3, -0.25) is 14.2 Å². The van der Waals surface area contributed by atoms with Gasteiger partial charge in [0.2, 0.25) is 0 Å². The zero-order valence-electron chi connectivity index (χ0n) is 50.3. The fraction of sp³-hybridized carbons (Fsp3) is 0.877. The van der Waals surface area contributed by atoms with E-state index in [9.17, 15) is 19.0 Å². The number of allylic oxidation sites excluding steroid dienone is 6. The third-order valence-electron chi connectivity index (χ3n) is 14.4. The van der Waals surface area contributed by atoms with Crippen LogP contribution in [0.1, 0.15) is 316 Å². The molecule has 0 spiro atoms. The van der Waals surface area contributed by atoms with Crippen molar-refractivity contribution in [1.29, 1.82) is 0 Å². The number of esters is 2. The highest BCUT2D eigenvalue weighted by Gasteiger charge is 2.22. The van der Waals surface area contributed by atoms with Gasteiger partial charge in [0.25, 0.3) is 7.82 Å². The molecule has 442 valence electrons. The molecule has 0 aliphatic carbocycles. The summed E-state index contributed by atoms with van der Waals surface area (Å²) in [5, 5.41) is 0. The van der Waals surface area contributed by atoms with E-state index in [1.54, 1.807) is 0 Å². The van der Waals surface area contributed by atoms with Gasteiger partial charge in [-0.25, -0.2) is 0 Å². The fourth-order valence-corrected chi connectivity index (χ4v) is 10.1. The van der Waals surface area contributed by atoms with Gasteiger partial charge in [-0.05, 0) is 70.6 Å². The van der Waals surface area contributed by atoms with Crippen molar-refractivity contribution in [3.8, 4) is 0 Å². The highest BCUT2D eigenvalue weighted by Crippen LogP contribution is 2.38. The predicted molar refractivity (Wildman–Crippen MR) is 319 cm³/mol. The Morgan fingerprint density at radius 1 is 0.413 bits per heavy atom. The van der Waals surface area contributed by atoms with Gasteiger partial charge in [0.05, 0.1) is 27.7 Å². The molecule has 0 aromatic rings. The molecule has 0 aromatic heterocycles. The largest absolute Gasteiger partial charge is 0.756 e. The van der Waals surface area contributed by atoms with E-state index in [1.165, 1.54) is 225 Å². The Balaban J connectivity index is 3.84. The molecule has 0 aliphatic heterocycles. The topological polar surface area (TPSA) is 111 Å². The summed E-state index contributed by atoms with van der Waals surface area (Å²) in [6.45, 7) is 4.23. The van der Waals surface area contributed by atoms with Gasteiger partial charge in [-0.1, -0.05) is 269 Å². The number of hydrogen-bond acceptors (Lipinski definition) is 8. The summed E-state index contributed by atoms with van der Waals surface area (Å²) in [5.74, 6) is -0.831. The van der Waals surface area contributed by atoms with Crippen LogP contribution in [-0.4, -0.2) is 70.0 Å². The maximum absolute atomic E-state index is 12.8. The molecule has 2 unspecified atom stereocenters. The van der Waals surface area contributed by atoms with Crippen molar-refractivity contribution < 1.29 is 42.1 Å². The first-order valence-electron chi connectivity index (χ1n) is 32.2. The number of hydrogen-bond donors (Lipinski definition) is 0. The van der Waals surface area contributed by atoms with E-state index in [4.69, 9.17) is 18.5 Å². The number of phosphoric ester groups is 1. The quantitative estimate of drug-likeness (QED) is 0.0195. The summed E-state index contributed by atoms with van der Waals surface area (Å²) in [6, 6.07) is 0.